The van der Waals surface area contributed by atoms with Gasteiger partial charge in [-0.1, -0.05) is 91.0 Å². The molecule has 0 spiro atoms. The Balaban J connectivity index is 1.50. The molecule has 1 aliphatic rings. The summed E-state index contributed by atoms with van der Waals surface area (Å²) in [6, 6.07) is 45.7. The summed E-state index contributed by atoms with van der Waals surface area (Å²) in [5, 5.41) is 14.4. The number of aromatic nitrogens is 4. The van der Waals surface area contributed by atoms with E-state index in [1.807, 2.05) is 137 Å². The van der Waals surface area contributed by atoms with Crippen molar-refractivity contribution in [2.24, 2.45) is 0 Å². The molecule has 4 heterocycles. The van der Waals surface area contributed by atoms with Gasteiger partial charge in [0.1, 0.15) is 5.69 Å². The van der Waals surface area contributed by atoms with Crippen molar-refractivity contribution in [2.75, 3.05) is 4.90 Å². The second-order valence-electron chi connectivity index (χ2n) is 10.9. The third kappa shape index (κ3) is 3.30. The molecule has 1 N–H and O–H groups in total. The first-order valence-corrected chi connectivity index (χ1v) is 14.5. The smallest absolute Gasteiger partial charge is 0.267 e. The number of anilines is 2. The van der Waals surface area contributed by atoms with Crippen LogP contribution in [0.2, 0.25) is 0 Å². The summed E-state index contributed by atoms with van der Waals surface area (Å²) in [7, 11) is 0. The minimum absolute atomic E-state index is 0.306. The van der Waals surface area contributed by atoms with Gasteiger partial charge in [0.15, 0.2) is 11.5 Å². The molecule has 0 saturated carbocycles. The Morgan fingerprint density at radius 1 is 0.568 bits per heavy atom. The van der Waals surface area contributed by atoms with Gasteiger partial charge in [-0.3, -0.25) is 14.3 Å². The van der Waals surface area contributed by atoms with E-state index >= 15 is 0 Å². The summed E-state index contributed by atoms with van der Waals surface area (Å²) in [4.78, 5) is 22.0. The average molecular weight is 572 g/mol. The minimum Gasteiger partial charge on any atom is -0.356 e. The zero-order valence-electron chi connectivity index (χ0n) is 23.4. The highest BCUT2D eigenvalue weighted by Crippen LogP contribution is 2.50. The molecular formula is C37H25N5O2. The highest BCUT2D eigenvalue weighted by atomic mass is 16.3. The molecular weight excluding hydrogens is 546 g/mol. The maximum atomic E-state index is 14.8. The minimum atomic E-state index is -1.34. The highest BCUT2D eigenvalue weighted by Gasteiger charge is 2.39. The van der Waals surface area contributed by atoms with Crippen LogP contribution in [-0.2, 0) is 0 Å². The van der Waals surface area contributed by atoms with E-state index in [2.05, 4.69) is 16.7 Å². The van der Waals surface area contributed by atoms with Crippen LogP contribution in [0.1, 0.15) is 6.35 Å². The van der Waals surface area contributed by atoms with Gasteiger partial charge < -0.3 is 9.67 Å². The summed E-state index contributed by atoms with van der Waals surface area (Å²) < 4.78 is 5.63. The quantitative estimate of drug-likeness (QED) is 0.238. The summed E-state index contributed by atoms with van der Waals surface area (Å²) in [6.45, 7) is 0. The lowest BCUT2D eigenvalue weighted by atomic mass is 10.1. The third-order valence-corrected chi connectivity index (χ3v) is 8.55. The standard InChI is InChI=1S/C37H25N5O2/c43-36-31-27-20-10-12-22-29(27)40(25-16-6-2-7-17-25)34(31)38-35-33-32(41(37(44)42(35)36)26-18-8-3-9-19-26)28-21-11-13-23-30(28)39(33)24-14-4-1-5-15-24/h1-23,37,44H. The molecule has 0 bridgehead atoms. The molecule has 44 heavy (non-hydrogen) atoms. The van der Waals surface area contributed by atoms with Crippen molar-refractivity contribution in [3.8, 4) is 22.9 Å². The normalized spacial score (nSPS) is 14.3. The zero-order valence-corrected chi connectivity index (χ0v) is 23.4. The van der Waals surface area contributed by atoms with Crippen molar-refractivity contribution in [2.45, 2.75) is 6.35 Å². The maximum absolute atomic E-state index is 14.8. The van der Waals surface area contributed by atoms with Gasteiger partial charge >= 0.3 is 0 Å². The van der Waals surface area contributed by atoms with Gasteiger partial charge in [0.25, 0.3) is 5.56 Å². The molecule has 3 aromatic heterocycles. The van der Waals surface area contributed by atoms with Crippen LogP contribution in [0.4, 0.5) is 11.4 Å². The van der Waals surface area contributed by atoms with Crippen LogP contribution in [0.15, 0.2) is 144 Å². The van der Waals surface area contributed by atoms with Gasteiger partial charge in [0.05, 0.1) is 22.1 Å². The molecule has 0 radical (unpaired) electrons. The molecule has 210 valence electrons. The molecule has 0 fully saturated rings. The summed E-state index contributed by atoms with van der Waals surface area (Å²) in [5.41, 5.74) is 6.18. The maximum Gasteiger partial charge on any atom is 0.267 e. The Morgan fingerprint density at radius 3 is 1.70 bits per heavy atom. The molecule has 7 heteroatoms. The van der Waals surface area contributed by atoms with Gasteiger partial charge in [0, 0.05) is 27.8 Å². The third-order valence-electron chi connectivity index (χ3n) is 8.55. The van der Waals surface area contributed by atoms with Crippen LogP contribution in [0, 0.1) is 0 Å². The van der Waals surface area contributed by atoms with E-state index in [1.54, 1.807) is 0 Å². The molecule has 1 atom stereocenters. The molecule has 0 aliphatic carbocycles. The van der Waals surface area contributed by atoms with E-state index in [4.69, 9.17) is 4.98 Å². The second-order valence-corrected chi connectivity index (χ2v) is 10.9. The molecule has 0 amide bonds. The number of fused-ring (bicyclic) bond motifs is 8. The molecule has 7 nitrogen and oxygen atoms in total. The number of rotatable bonds is 3. The monoisotopic (exact) mass is 571 g/mol. The van der Waals surface area contributed by atoms with E-state index in [-0.39, 0.29) is 5.56 Å². The van der Waals surface area contributed by atoms with Gasteiger partial charge in [-0.25, -0.2) is 9.55 Å². The van der Waals surface area contributed by atoms with Crippen LogP contribution in [0.5, 0.6) is 0 Å². The number of hydrogen-bond donors (Lipinski definition) is 1. The molecule has 1 unspecified atom stereocenters. The first-order valence-electron chi connectivity index (χ1n) is 14.5. The van der Waals surface area contributed by atoms with Crippen LogP contribution in [-0.4, -0.2) is 23.8 Å². The van der Waals surface area contributed by atoms with Gasteiger partial charge in [-0.05, 0) is 48.5 Å². The summed E-state index contributed by atoms with van der Waals surface area (Å²) in [6.07, 6.45) is -1.34. The fourth-order valence-electron chi connectivity index (χ4n) is 6.73. The lowest BCUT2D eigenvalue weighted by Crippen LogP contribution is -2.40. The summed E-state index contributed by atoms with van der Waals surface area (Å²) in [5.74, 6) is 0.400. The zero-order chi connectivity index (χ0) is 29.4. The Kier molecular flexibility index (Phi) is 5.21. The highest BCUT2D eigenvalue weighted by molar-refractivity contribution is 6.09. The topological polar surface area (TPSA) is 68.2 Å². The fourth-order valence-corrected chi connectivity index (χ4v) is 6.73. The predicted molar refractivity (Wildman–Crippen MR) is 175 cm³/mol. The van der Waals surface area contributed by atoms with E-state index in [9.17, 15) is 9.90 Å². The first-order chi connectivity index (χ1) is 21.7. The molecule has 1 aliphatic heterocycles. The number of benzene rings is 5. The number of aliphatic hydroxyl groups is 1. The van der Waals surface area contributed by atoms with Crippen LogP contribution in [0.3, 0.4) is 0 Å². The number of para-hydroxylation sites is 5. The van der Waals surface area contributed by atoms with Crippen molar-refractivity contribution in [3.63, 3.8) is 0 Å². The van der Waals surface area contributed by atoms with Crippen molar-refractivity contribution in [1.82, 2.24) is 18.7 Å². The van der Waals surface area contributed by atoms with Crippen molar-refractivity contribution in [3.05, 3.63) is 150 Å². The molecule has 5 aromatic carbocycles. The Hall–Kier alpha value is -5.92. The Labute approximate surface area is 251 Å². The SMILES string of the molecule is O=c1c2c3ccccc3n(-c3ccccc3)c2nc2n1C(O)N(c1ccccc1)c1c-2n(-c2ccccc2)c2ccccc12. The van der Waals surface area contributed by atoms with Crippen molar-refractivity contribution in [1.29, 1.82) is 0 Å². The van der Waals surface area contributed by atoms with E-state index < -0.39 is 6.35 Å². The average Bonchev–Trinajstić information content (AvgIpc) is 3.60. The Morgan fingerprint density at radius 2 is 1.07 bits per heavy atom. The first kappa shape index (κ1) is 24.7. The van der Waals surface area contributed by atoms with Gasteiger partial charge in [-0.2, -0.15) is 0 Å². The van der Waals surface area contributed by atoms with Gasteiger partial charge in [-0.15, -0.1) is 0 Å². The fraction of sp³-hybridized carbons (Fsp3) is 0.0270. The Bertz CT molecular complexity index is 2430. The van der Waals surface area contributed by atoms with E-state index in [0.29, 0.717) is 16.9 Å². The largest absolute Gasteiger partial charge is 0.356 e. The van der Waals surface area contributed by atoms with Crippen LogP contribution in [0.25, 0.3) is 55.7 Å². The van der Waals surface area contributed by atoms with Crippen LogP contribution >= 0.6 is 0 Å². The second kappa shape index (κ2) is 9.29. The van der Waals surface area contributed by atoms with Crippen LogP contribution < -0.4 is 10.5 Å². The van der Waals surface area contributed by atoms with E-state index in [0.717, 1.165) is 50.2 Å². The lowest BCUT2D eigenvalue weighted by Gasteiger charge is -2.36. The number of aliphatic hydroxyl groups excluding tert-OH is 1. The number of nitrogens with zero attached hydrogens (tertiary/aromatic N) is 5. The predicted octanol–water partition coefficient (Wildman–Crippen LogP) is 7.55. The number of hydrogen-bond acceptors (Lipinski definition) is 4. The summed E-state index contributed by atoms with van der Waals surface area (Å²) >= 11 is 0. The molecule has 9 rings (SSSR count). The van der Waals surface area contributed by atoms with Crippen molar-refractivity contribution < 1.29 is 5.11 Å². The molecule has 8 aromatic rings. The van der Waals surface area contributed by atoms with Crippen molar-refractivity contribution >= 4 is 44.2 Å². The van der Waals surface area contributed by atoms with E-state index in [1.165, 1.54) is 4.57 Å². The molecule has 0 saturated heterocycles. The lowest BCUT2D eigenvalue weighted by molar-refractivity contribution is 0.106. The van der Waals surface area contributed by atoms with Gasteiger partial charge in [0.2, 0.25) is 6.35 Å².